The lowest BCUT2D eigenvalue weighted by Gasteiger charge is -2.08. The Morgan fingerprint density at radius 3 is 2.81 bits per heavy atom. The summed E-state index contributed by atoms with van der Waals surface area (Å²) >= 11 is 1.41. The number of rotatable bonds is 7. The molecule has 8 heteroatoms. The van der Waals surface area contributed by atoms with Crippen LogP contribution in [0.2, 0.25) is 0 Å². The third-order valence-electron chi connectivity index (χ3n) is 3.72. The molecule has 26 heavy (non-hydrogen) atoms. The number of aromatic nitrogens is 3. The zero-order valence-corrected chi connectivity index (χ0v) is 15.2. The Kier molecular flexibility index (Phi) is 5.85. The fraction of sp³-hybridized carbons (Fsp3) is 0.222. The van der Waals surface area contributed by atoms with Crippen molar-refractivity contribution in [3.63, 3.8) is 0 Å². The molecule has 0 unspecified atom stereocenters. The van der Waals surface area contributed by atoms with Gasteiger partial charge in [0, 0.05) is 37.0 Å². The quantitative estimate of drug-likeness (QED) is 0.478. The van der Waals surface area contributed by atoms with E-state index in [4.69, 9.17) is 4.74 Å². The van der Waals surface area contributed by atoms with Crippen LogP contribution in [0.1, 0.15) is 0 Å². The molecule has 1 aromatic carbocycles. The Labute approximate surface area is 154 Å². The molecule has 2 heterocycles. The Bertz CT molecular complexity index is 901. The van der Waals surface area contributed by atoms with Gasteiger partial charge in [0.25, 0.3) is 0 Å². The average molecular weight is 376 g/mol. The summed E-state index contributed by atoms with van der Waals surface area (Å²) in [7, 11) is 1.63. The molecule has 0 atom stereocenters. The molecular weight excluding hydrogens is 358 g/mol. The third-order valence-corrected chi connectivity index (χ3v) is 4.30. The van der Waals surface area contributed by atoms with E-state index in [0.717, 1.165) is 11.6 Å². The number of benzene rings is 1. The summed E-state index contributed by atoms with van der Waals surface area (Å²) in [6.45, 7) is 1.17. The van der Waals surface area contributed by atoms with E-state index >= 15 is 0 Å². The smallest absolute Gasteiger partial charge is 0.166 e. The molecule has 0 amide bonds. The summed E-state index contributed by atoms with van der Waals surface area (Å²) < 4.78 is 32.6. The number of aromatic amines is 1. The molecule has 3 aromatic rings. The molecule has 5 nitrogen and oxygen atoms in total. The second-order valence-electron chi connectivity index (χ2n) is 5.44. The number of imidazole rings is 1. The summed E-state index contributed by atoms with van der Waals surface area (Å²) in [5, 5.41) is 3.79. The maximum atomic E-state index is 14.3. The zero-order valence-electron chi connectivity index (χ0n) is 14.3. The van der Waals surface area contributed by atoms with E-state index in [1.807, 2.05) is 12.3 Å². The van der Waals surface area contributed by atoms with Crippen molar-refractivity contribution in [2.45, 2.75) is 5.16 Å². The minimum atomic E-state index is -0.643. The highest BCUT2D eigenvalue weighted by Crippen LogP contribution is 2.34. The van der Waals surface area contributed by atoms with Crippen LogP contribution in [-0.2, 0) is 4.74 Å². The summed E-state index contributed by atoms with van der Waals surface area (Å²) in [6, 6.07) is 7.13. The van der Waals surface area contributed by atoms with Crippen LogP contribution < -0.4 is 5.32 Å². The van der Waals surface area contributed by atoms with Crippen molar-refractivity contribution in [1.82, 2.24) is 15.0 Å². The number of anilines is 1. The number of hydrogen-bond acceptors (Lipinski definition) is 5. The maximum absolute atomic E-state index is 14.3. The highest BCUT2D eigenvalue weighted by atomic mass is 32.2. The van der Waals surface area contributed by atoms with E-state index in [1.165, 1.54) is 23.9 Å². The maximum Gasteiger partial charge on any atom is 0.166 e. The van der Waals surface area contributed by atoms with E-state index in [0.29, 0.717) is 35.5 Å². The summed E-state index contributed by atoms with van der Waals surface area (Å²) in [5.74, 6) is -0.597. The summed E-state index contributed by atoms with van der Waals surface area (Å²) in [5.41, 5.74) is 2.12. The van der Waals surface area contributed by atoms with Crippen molar-refractivity contribution in [1.29, 1.82) is 0 Å². The van der Waals surface area contributed by atoms with Gasteiger partial charge >= 0.3 is 0 Å². The molecule has 0 bridgehead atoms. The SMILES string of the molecule is COCCNc1cc(-c2nc(SC)[nH]c2-c2ccc(F)cc2F)ccn1. The topological polar surface area (TPSA) is 62.8 Å². The van der Waals surface area contributed by atoms with Crippen LogP contribution in [-0.4, -0.2) is 41.5 Å². The standard InChI is InChI=1S/C18H18F2N4OS/c1-25-8-7-22-15-9-11(5-6-21-15)16-17(24-18(23-16)26-2)13-4-3-12(19)10-14(13)20/h3-6,9-10H,7-8H2,1-2H3,(H,21,22)(H,23,24). The van der Waals surface area contributed by atoms with Gasteiger partial charge in [-0.15, -0.1) is 0 Å². The first-order valence-electron chi connectivity index (χ1n) is 7.91. The zero-order chi connectivity index (χ0) is 18.5. The number of nitrogens with one attached hydrogen (secondary N) is 2. The number of H-pyrrole nitrogens is 1. The molecule has 0 spiro atoms. The average Bonchev–Trinajstić information content (AvgIpc) is 3.06. The Hall–Kier alpha value is -2.45. The highest BCUT2D eigenvalue weighted by molar-refractivity contribution is 7.98. The number of methoxy groups -OCH3 is 1. The number of hydrogen-bond donors (Lipinski definition) is 2. The van der Waals surface area contributed by atoms with Gasteiger partial charge in [0.1, 0.15) is 17.5 Å². The Balaban J connectivity index is 2.02. The summed E-state index contributed by atoms with van der Waals surface area (Å²) in [6.07, 6.45) is 3.53. The molecule has 136 valence electrons. The van der Waals surface area contributed by atoms with Gasteiger partial charge < -0.3 is 15.0 Å². The molecule has 0 saturated heterocycles. The Morgan fingerprint density at radius 1 is 1.23 bits per heavy atom. The van der Waals surface area contributed by atoms with Crippen LogP contribution >= 0.6 is 11.8 Å². The largest absolute Gasteiger partial charge is 0.383 e. The van der Waals surface area contributed by atoms with Crippen molar-refractivity contribution in [3.05, 3.63) is 48.2 Å². The molecule has 2 aromatic heterocycles. The second-order valence-corrected chi connectivity index (χ2v) is 6.24. The summed E-state index contributed by atoms with van der Waals surface area (Å²) in [4.78, 5) is 11.9. The predicted molar refractivity (Wildman–Crippen MR) is 99.3 cm³/mol. The van der Waals surface area contributed by atoms with E-state index in [9.17, 15) is 8.78 Å². The van der Waals surface area contributed by atoms with Crippen molar-refractivity contribution < 1.29 is 13.5 Å². The predicted octanol–water partition coefficient (Wildman–Crippen LogP) is 4.20. The molecule has 2 N–H and O–H groups in total. The van der Waals surface area contributed by atoms with E-state index in [2.05, 4.69) is 20.3 Å². The van der Waals surface area contributed by atoms with Gasteiger partial charge in [-0.3, -0.25) is 0 Å². The van der Waals surface area contributed by atoms with Crippen LogP contribution in [0.25, 0.3) is 22.5 Å². The first kappa shape index (κ1) is 18.3. The second kappa shape index (κ2) is 8.29. The lowest BCUT2D eigenvalue weighted by Crippen LogP contribution is -2.08. The van der Waals surface area contributed by atoms with Gasteiger partial charge in [0.15, 0.2) is 5.16 Å². The van der Waals surface area contributed by atoms with Gasteiger partial charge in [0.05, 0.1) is 18.0 Å². The van der Waals surface area contributed by atoms with Crippen molar-refractivity contribution in [2.24, 2.45) is 0 Å². The number of halogens is 2. The lowest BCUT2D eigenvalue weighted by atomic mass is 10.1. The third kappa shape index (κ3) is 4.03. The first-order valence-corrected chi connectivity index (χ1v) is 9.13. The van der Waals surface area contributed by atoms with Crippen LogP contribution in [0.4, 0.5) is 14.6 Å². The first-order chi connectivity index (χ1) is 12.6. The fourth-order valence-electron chi connectivity index (χ4n) is 2.50. The van der Waals surface area contributed by atoms with E-state index in [1.54, 1.807) is 19.4 Å². The van der Waals surface area contributed by atoms with Crippen LogP contribution in [0.15, 0.2) is 41.7 Å². The number of thioether (sulfide) groups is 1. The minimum Gasteiger partial charge on any atom is -0.383 e. The van der Waals surface area contributed by atoms with E-state index < -0.39 is 11.6 Å². The monoisotopic (exact) mass is 376 g/mol. The van der Waals surface area contributed by atoms with Crippen molar-refractivity contribution >= 4 is 17.6 Å². The molecular formula is C18H18F2N4OS. The fourth-order valence-corrected chi connectivity index (χ4v) is 2.89. The lowest BCUT2D eigenvalue weighted by molar-refractivity contribution is 0.210. The van der Waals surface area contributed by atoms with Crippen molar-refractivity contribution in [3.8, 4) is 22.5 Å². The van der Waals surface area contributed by atoms with Gasteiger partial charge in [-0.05, 0) is 30.5 Å². The van der Waals surface area contributed by atoms with Crippen LogP contribution in [0.5, 0.6) is 0 Å². The van der Waals surface area contributed by atoms with Gasteiger partial charge in [-0.25, -0.2) is 18.7 Å². The van der Waals surface area contributed by atoms with Gasteiger partial charge in [-0.2, -0.15) is 0 Å². The molecule has 0 aliphatic heterocycles. The van der Waals surface area contributed by atoms with Crippen LogP contribution in [0, 0.1) is 11.6 Å². The van der Waals surface area contributed by atoms with Gasteiger partial charge in [-0.1, -0.05) is 11.8 Å². The number of ether oxygens (including phenoxy) is 1. The molecule has 0 saturated carbocycles. The van der Waals surface area contributed by atoms with Crippen molar-refractivity contribution in [2.75, 3.05) is 31.8 Å². The normalized spacial score (nSPS) is 10.9. The molecule has 0 radical (unpaired) electrons. The van der Waals surface area contributed by atoms with Crippen LogP contribution in [0.3, 0.4) is 0 Å². The highest BCUT2D eigenvalue weighted by Gasteiger charge is 2.18. The minimum absolute atomic E-state index is 0.264. The van der Waals surface area contributed by atoms with Gasteiger partial charge in [0.2, 0.25) is 0 Å². The number of pyridine rings is 1. The molecule has 0 aliphatic rings. The van der Waals surface area contributed by atoms with E-state index in [-0.39, 0.29) is 5.56 Å². The molecule has 0 fully saturated rings. The molecule has 0 aliphatic carbocycles. The molecule has 3 rings (SSSR count). The Morgan fingerprint density at radius 2 is 2.08 bits per heavy atom. The number of nitrogens with zero attached hydrogens (tertiary/aromatic N) is 2.